The van der Waals surface area contributed by atoms with Crippen molar-refractivity contribution in [3.8, 4) is 11.5 Å². The zero-order valence-electron chi connectivity index (χ0n) is 20.7. The van der Waals surface area contributed by atoms with E-state index in [9.17, 15) is 14.4 Å². The molecule has 0 aromatic heterocycles. The summed E-state index contributed by atoms with van der Waals surface area (Å²) in [5.74, 6) is -1.31. The molecule has 7 heteroatoms. The maximum Gasteiger partial charge on any atom is 0.240 e. The van der Waals surface area contributed by atoms with Gasteiger partial charge in [-0.3, -0.25) is 14.4 Å². The zero-order valence-corrected chi connectivity index (χ0v) is 20.7. The van der Waals surface area contributed by atoms with E-state index in [1.165, 1.54) is 4.90 Å². The molecular formula is C32H22N2O5. The van der Waals surface area contributed by atoms with Crippen LogP contribution in [0.2, 0.25) is 0 Å². The first-order chi connectivity index (χ1) is 19.1. The molecule has 0 saturated carbocycles. The van der Waals surface area contributed by atoms with Crippen molar-refractivity contribution >= 4 is 40.1 Å². The van der Waals surface area contributed by atoms with E-state index in [1.54, 1.807) is 24.3 Å². The molecule has 4 aliphatic rings. The van der Waals surface area contributed by atoms with Gasteiger partial charge in [-0.15, -0.1) is 0 Å². The SMILES string of the molecule is O=C(c1ccc2c(c1)OCO2)[C@@H]1[C@@H]2C(=O)N(c3cccc4ccccc34)C(=O)[C@H]2[C@@H]2c3ccccc3C=CN12. The molecule has 7 nitrogen and oxygen atoms in total. The molecule has 2 saturated heterocycles. The third kappa shape index (κ3) is 3.01. The topological polar surface area (TPSA) is 76.1 Å². The minimum absolute atomic E-state index is 0.0990. The van der Waals surface area contributed by atoms with Crippen LogP contribution in [0.3, 0.4) is 0 Å². The lowest BCUT2D eigenvalue weighted by Crippen LogP contribution is -2.44. The van der Waals surface area contributed by atoms with Crippen LogP contribution in [-0.2, 0) is 9.59 Å². The van der Waals surface area contributed by atoms with Crippen molar-refractivity contribution in [1.29, 1.82) is 0 Å². The fraction of sp³-hybridized carbons (Fsp3) is 0.156. The number of rotatable bonds is 3. The smallest absolute Gasteiger partial charge is 0.240 e. The van der Waals surface area contributed by atoms with Gasteiger partial charge in [-0.2, -0.15) is 0 Å². The van der Waals surface area contributed by atoms with E-state index in [1.807, 2.05) is 77.8 Å². The van der Waals surface area contributed by atoms with E-state index in [0.29, 0.717) is 22.7 Å². The molecule has 0 bridgehead atoms. The van der Waals surface area contributed by atoms with Gasteiger partial charge in [0.25, 0.3) is 0 Å². The maximum atomic E-state index is 14.3. The summed E-state index contributed by atoms with van der Waals surface area (Å²) in [6.07, 6.45) is 3.81. The summed E-state index contributed by atoms with van der Waals surface area (Å²) in [7, 11) is 0. The molecule has 4 aliphatic heterocycles. The lowest BCUT2D eigenvalue weighted by atomic mass is 9.83. The molecule has 0 aliphatic carbocycles. The highest BCUT2D eigenvalue weighted by molar-refractivity contribution is 6.27. The Morgan fingerprint density at radius 2 is 1.56 bits per heavy atom. The fourth-order valence-corrected chi connectivity index (χ4v) is 6.72. The molecule has 4 aromatic carbocycles. The van der Waals surface area contributed by atoms with Gasteiger partial charge in [-0.05, 0) is 46.9 Å². The summed E-state index contributed by atoms with van der Waals surface area (Å²) in [6.45, 7) is 0.0990. The van der Waals surface area contributed by atoms with E-state index in [2.05, 4.69) is 0 Å². The number of ether oxygens (including phenoxy) is 2. The first-order valence-electron chi connectivity index (χ1n) is 13.0. The molecule has 4 heterocycles. The van der Waals surface area contributed by atoms with Gasteiger partial charge >= 0.3 is 0 Å². The summed E-state index contributed by atoms with van der Waals surface area (Å²) in [6, 6.07) is 25.0. The van der Waals surface area contributed by atoms with Crippen LogP contribution in [0.15, 0.2) is 91.1 Å². The zero-order chi connectivity index (χ0) is 26.2. The van der Waals surface area contributed by atoms with Gasteiger partial charge < -0.3 is 14.4 Å². The van der Waals surface area contributed by atoms with Gasteiger partial charge in [-0.25, -0.2) is 4.90 Å². The highest BCUT2D eigenvalue weighted by atomic mass is 16.7. The summed E-state index contributed by atoms with van der Waals surface area (Å²) in [4.78, 5) is 46.0. The Morgan fingerprint density at radius 1 is 0.795 bits per heavy atom. The van der Waals surface area contributed by atoms with Gasteiger partial charge in [0, 0.05) is 17.1 Å². The number of hydrogen-bond acceptors (Lipinski definition) is 6. The Balaban J connectivity index is 1.29. The normalized spacial score (nSPS) is 24.2. The molecule has 0 N–H and O–H groups in total. The van der Waals surface area contributed by atoms with Crippen LogP contribution in [0.25, 0.3) is 16.8 Å². The average molecular weight is 515 g/mol. The third-order valence-electron chi connectivity index (χ3n) is 8.39. The summed E-state index contributed by atoms with van der Waals surface area (Å²) in [5.41, 5.74) is 2.90. The molecule has 2 fully saturated rings. The van der Waals surface area contributed by atoms with Crippen LogP contribution in [0.5, 0.6) is 11.5 Å². The fourth-order valence-electron chi connectivity index (χ4n) is 6.72. The summed E-state index contributed by atoms with van der Waals surface area (Å²) >= 11 is 0. The van der Waals surface area contributed by atoms with Crippen molar-refractivity contribution in [3.63, 3.8) is 0 Å². The van der Waals surface area contributed by atoms with E-state index >= 15 is 0 Å². The quantitative estimate of drug-likeness (QED) is 0.284. The number of Topliss-reactive ketones (excluding diaryl/α,β-unsaturated/α-hetero) is 1. The standard InChI is InChI=1S/C32H22N2O5/c35-30(20-12-13-24-25(16-20)39-17-38-24)29-27-26(28-22-10-4-2-7-19(22)14-15-33(28)29)31(36)34(32(27)37)23-11-5-8-18-6-1-3-9-21(18)23/h1-16,26-29H,17H2/t26-,27-,28+,29+/m1/s1. The molecular weight excluding hydrogens is 492 g/mol. The van der Waals surface area contributed by atoms with Crippen molar-refractivity contribution in [1.82, 2.24) is 4.90 Å². The highest BCUT2D eigenvalue weighted by Gasteiger charge is 2.64. The lowest BCUT2D eigenvalue weighted by molar-refractivity contribution is -0.123. The Bertz CT molecular complexity index is 1760. The van der Waals surface area contributed by atoms with Gasteiger partial charge in [-0.1, -0.05) is 60.7 Å². The number of anilines is 1. The predicted octanol–water partition coefficient (Wildman–Crippen LogP) is 4.97. The van der Waals surface area contributed by atoms with E-state index in [0.717, 1.165) is 21.9 Å². The number of imide groups is 1. The van der Waals surface area contributed by atoms with Crippen molar-refractivity contribution in [3.05, 3.63) is 108 Å². The first kappa shape index (κ1) is 22.1. The van der Waals surface area contributed by atoms with Gasteiger partial charge in [0.1, 0.15) is 6.04 Å². The number of nitrogens with zero attached hydrogens (tertiary/aromatic N) is 2. The largest absolute Gasteiger partial charge is 0.454 e. The number of carbonyl (C=O) groups excluding carboxylic acids is 3. The molecule has 39 heavy (non-hydrogen) atoms. The van der Waals surface area contributed by atoms with Crippen molar-refractivity contribution in [2.75, 3.05) is 11.7 Å². The van der Waals surface area contributed by atoms with Crippen molar-refractivity contribution in [2.45, 2.75) is 12.1 Å². The average Bonchev–Trinajstić information content (AvgIpc) is 3.65. The Morgan fingerprint density at radius 3 is 2.49 bits per heavy atom. The molecule has 0 unspecified atom stereocenters. The number of benzene rings is 4. The number of hydrogen-bond donors (Lipinski definition) is 0. The summed E-state index contributed by atoms with van der Waals surface area (Å²) in [5, 5.41) is 1.76. The van der Waals surface area contributed by atoms with Crippen molar-refractivity contribution < 1.29 is 23.9 Å². The number of fused-ring (bicyclic) bond motifs is 7. The van der Waals surface area contributed by atoms with Crippen molar-refractivity contribution in [2.24, 2.45) is 11.8 Å². The van der Waals surface area contributed by atoms with Crippen LogP contribution >= 0.6 is 0 Å². The second-order valence-electron chi connectivity index (χ2n) is 10.3. The van der Waals surface area contributed by atoms with Crippen LogP contribution < -0.4 is 14.4 Å². The highest BCUT2D eigenvalue weighted by Crippen LogP contribution is 2.54. The second kappa shape index (κ2) is 8.04. The van der Waals surface area contributed by atoms with Crippen LogP contribution in [0.4, 0.5) is 5.69 Å². The van der Waals surface area contributed by atoms with Gasteiger partial charge in [0.15, 0.2) is 17.3 Å². The van der Waals surface area contributed by atoms with Crippen LogP contribution in [0, 0.1) is 11.8 Å². The van der Waals surface area contributed by atoms with Crippen LogP contribution in [0.1, 0.15) is 27.5 Å². The molecule has 4 atom stereocenters. The van der Waals surface area contributed by atoms with E-state index < -0.39 is 23.9 Å². The molecule has 8 rings (SSSR count). The van der Waals surface area contributed by atoms with Crippen LogP contribution in [-0.4, -0.2) is 35.3 Å². The monoisotopic (exact) mass is 514 g/mol. The predicted molar refractivity (Wildman–Crippen MR) is 144 cm³/mol. The Kier molecular flexibility index (Phi) is 4.56. The Hall–Kier alpha value is -4.91. The van der Waals surface area contributed by atoms with Gasteiger partial charge in [0.2, 0.25) is 18.6 Å². The second-order valence-corrected chi connectivity index (χ2v) is 10.3. The van der Waals surface area contributed by atoms with Gasteiger partial charge in [0.05, 0.1) is 23.6 Å². The number of carbonyl (C=O) groups is 3. The third-order valence-corrected chi connectivity index (χ3v) is 8.39. The molecule has 0 spiro atoms. The number of ketones is 1. The minimum Gasteiger partial charge on any atom is -0.454 e. The molecule has 190 valence electrons. The van der Waals surface area contributed by atoms with E-state index in [-0.39, 0.29) is 24.4 Å². The molecule has 4 aromatic rings. The van der Waals surface area contributed by atoms with E-state index in [4.69, 9.17) is 9.47 Å². The lowest BCUT2D eigenvalue weighted by Gasteiger charge is -2.35. The first-order valence-corrected chi connectivity index (χ1v) is 13.0. The maximum absolute atomic E-state index is 14.3. The minimum atomic E-state index is -0.846. The Labute approximate surface area is 223 Å². The molecule has 2 amide bonds. The molecule has 0 radical (unpaired) electrons. The summed E-state index contributed by atoms with van der Waals surface area (Å²) < 4.78 is 10.9. The number of amides is 2.